The van der Waals surface area contributed by atoms with E-state index in [0.29, 0.717) is 25.4 Å². The van der Waals surface area contributed by atoms with E-state index >= 15 is 0 Å². The Labute approximate surface area is 114 Å². The van der Waals surface area contributed by atoms with Crippen molar-refractivity contribution in [3.8, 4) is 5.75 Å². The van der Waals surface area contributed by atoms with Gasteiger partial charge < -0.3 is 14.5 Å². The number of ether oxygens (including phenoxy) is 1. The lowest BCUT2D eigenvalue weighted by atomic mass is 10.2. The molecule has 0 aliphatic rings. The van der Waals surface area contributed by atoms with Crippen molar-refractivity contribution >= 4 is 0 Å². The van der Waals surface area contributed by atoms with Gasteiger partial charge in [-0.05, 0) is 36.4 Å². The van der Waals surface area contributed by atoms with Crippen LogP contribution in [0.2, 0.25) is 0 Å². The summed E-state index contributed by atoms with van der Waals surface area (Å²) in [6.45, 7) is 1.52. The van der Waals surface area contributed by atoms with Crippen LogP contribution in [0, 0.1) is 0 Å². The molecule has 0 radical (unpaired) electrons. The number of hydrogen-bond donors (Lipinski definition) is 1. The Bertz CT molecular complexity index is 506. The average Bonchev–Trinajstić information content (AvgIpc) is 2.91. The second-order valence-electron chi connectivity index (χ2n) is 4.13. The van der Waals surface area contributed by atoms with Crippen LogP contribution >= 0.6 is 0 Å². The quantitative estimate of drug-likeness (QED) is 0.825. The van der Waals surface area contributed by atoms with E-state index in [-0.39, 0.29) is 0 Å². The number of alkyl halides is 3. The van der Waals surface area contributed by atoms with E-state index in [2.05, 4.69) is 5.32 Å². The van der Waals surface area contributed by atoms with E-state index in [4.69, 9.17) is 9.15 Å². The highest BCUT2D eigenvalue weighted by molar-refractivity contribution is 5.28. The Morgan fingerprint density at radius 2 is 1.85 bits per heavy atom. The maximum absolute atomic E-state index is 12.3. The van der Waals surface area contributed by atoms with Crippen LogP contribution in [0.1, 0.15) is 11.3 Å². The van der Waals surface area contributed by atoms with E-state index in [9.17, 15) is 13.2 Å². The molecule has 0 saturated heterocycles. The van der Waals surface area contributed by atoms with Gasteiger partial charge in [-0.3, -0.25) is 0 Å². The Hall–Kier alpha value is -1.95. The average molecular weight is 285 g/mol. The predicted molar refractivity (Wildman–Crippen MR) is 67.4 cm³/mol. The number of hydrogen-bond acceptors (Lipinski definition) is 3. The summed E-state index contributed by atoms with van der Waals surface area (Å²) in [5.41, 5.74) is -0.680. The SMILES string of the molecule is FC(F)(F)c1ccc(OCCNCc2ccco2)cc1. The fraction of sp³-hybridized carbons (Fsp3) is 0.286. The fourth-order valence-corrected chi connectivity index (χ4v) is 1.61. The Balaban J connectivity index is 1.69. The molecule has 108 valence electrons. The molecule has 1 aromatic carbocycles. The van der Waals surface area contributed by atoms with Crippen LogP contribution < -0.4 is 10.1 Å². The van der Waals surface area contributed by atoms with Gasteiger partial charge in [-0.25, -0.2) is 0 Å². The largest absolute Gasteiger partial charge is 0.492 e. The summed E-state index contributed by atoms with van der Waals surface area (Å²) in [5.74, 6) is 1.23. The molecule has 0 atom stereocenters. The molecule has 1 heterocycles. The van der Waals surface area contributed by atoms with E-state index in [1.807, 2.05) is 6.07 Å². The van der Waals surface area contributed by atoms with Gasteiger partial charge in [-0.1, -0.05) is 0 Å². The van der Waals surface area contributed by atoms with E-state index in [1.165, 1.54) is 12.1 Å². The molecule has 3 nitrogen and oxygen atoms in total. The Kier molecular flexibility index (Phi) is 4.68. The summed E-state index contributed by atoms with van der Waals surface area (Å²) in [6, 6.07) is 8.29. The van der Waals surface area contributed by atoms with Gasteiger partial charge >= 0.3 is 6.18 Å². The minimum Gasteiger partial charge on any atom is -0.492 e. The smallest absolute Gasteiger partial charge is 0.416 e. The minimum atomic E-state index is -4.32. The van der Waals surface area contributed by atoms with Crippen LogP contribution in [0.5, 0.6) is 5.75 Å². The van der Waals surface area contributed by atoms with Gasteiger partial charge in [0.15, 0.2) is 0 Å². The zero-order chi connectivity index (χ0) is 14.4. The summed E-state index contributed by atoms with van der Waals surface area (Å²) < 4.78 is 47.5. The summed E-state index contributed by atoms with van der Waals surface area (Å²) in [7, 11) is 0. The molecule has 0 aliphatic heterocycles. The van der Waals surface area contributed by atoms with Gasteiger partial charge in [0.2, 0.25) is 0 Å². The minimum absolute atomic E-state index is 0.367. The van der Waals surface area contributed by atoms with Crippen molar-refractivity contribution in [2.24, 2.45) is 0 Å². The molecule has 2 aromatic rings. The van der Waals surface area contributed by atoms with Crippen molar-refractivity contribution < 1.29 is 22.3 Å². The molecule has 0 aliphatic carbocycles. The number of halogens is 3. The maximum atomic E-state index is 12.3. The summed E-state index contributed by atoms with van der Waals surface area (Å²) in [5, 5.41) is 3.09. The second kappa shape index (κ2) is 6.47. The highest BCUT2D eigenvalue weighted by Crippen LogP contribution is 2.30. The molecular formula is C14H14F3NO2. The molecule has 0 spiro atoms. The third-order valence-electron chi connectivity index (χ3n) is 2.61. The van der Waals surface area contributed by atoms with Gasteiger partial charge in [0.25, 0.3) is 0 Å². The lowest BCUT2D eigenvalue weighted by Crippen LogP contribution is -2.20. The van der Waals surface area contributed by atoms with Crippen LogP contribution in [0.15, 0.2) is 47.1 Å². The van der Waals surface area contributed by atoms with Crippen LogP contribution in [-0.2, 0) is 12.7 Å². The zero-order valence-corrected chi connectivity index (χ0v) is 10.6. The predicted octanol–water partition coefficient (Wildman–Crippen LogP) is 3.47. The van der Waals surface area contributed by atoms with Crippen molar-refractivity contribution in [3.05, 3.63) is 54.0 Å². The third-order valence-corrected chi connectivity index (χ3v) is 2.61. The van der Waals surface area contributed by atoms with Crippen molar-refractivity contribution in [1.29, 1.82) is 0 Å². The van der Waals surface area contributed by atoms with Gasteiger partial charge in [0, 0.05) is 6.54 Å². The number of furan rings is 1. The summed E-state index contributed by atoms with van der Waals surface area (Å²) >= 11 is 0. The van der Waals surface area contributed by atoms with E-state index < -0.39 is 11.7 Å². The first-order valence-corrected chi connectivity index (χ1v) is 6.09. The normalized spacial score (nSPS) is 11.6. The molecule has 1 N–H and O–H groups in total. The molecule has 0 saturated carbocycles. The molecule has 0 bridgehead atoms. The first-order valence-electron chi connectivity index (χ1n) is 6.09. The number of rotatable bonds is 6. The first-order chi connectivity index (χ1) is 9.55. The van der Waals surface area contributed by atoms with Gasteiger partial charge in [-0.2, -0.15) is 13.2 Å². The van der Waals surface area contributed by atoms with E-state index in [0.717, 1.165) is 17.9 Å². The summed E-state index contributed by atoms with van der Waals surface area (Å²) in [4.78, 5) is 0. The van der Waals surface area contributed by atoms with Gasteiger partial charge in [0.05, 0.1) is 18.4 Å². The van der Waals surface area contributed by atoms with Crippen LogP contribution in [0.4, 0.5) is 13.2 Å². The topological polar surface area (TPSA) is 34.4 Å². The van der Waals surface area contributed by atoms with Crippen LogP contribution in [0.25, 0.3) is 0 Å². The van der Waals surface area contributed by atoms with Crippen molar-refractivity contribution in [2.45, 2.75) is 12.7 Å². The highest BCUT2D eigenvalue weighted by atomic mass is 19.4. The van der Waals surface area contributed by atoms with Crippen molar-refractivity contribution in [1.82, 2.24) is 5.32 Å². The molecule has 0 unspecified atom stereocenters. The maximum Gasteiger partial charge on any atom is 0.416 e. The van der Waals surface area contributed by atoms with Crippen LogP contribution in [-0.4, -0.2) is 13.2 Å². The molecule has 2 rings (SSSR count). The Morgan fingerprint density at radius 3 is 2.45 bits per heavy atom. The highest BCUT2D eigenvalue weighted by Gasteiger charge is 2.29. The van der Waals surface area contributed by atoms with E-state index in [1.54, 1.807) is 12.3 Å². The Morgan fingerprint density at radius 1 is 1.10 bits per heavy atom. The summed E-state index contributed by atoms with van der Waals surface area (Å²) in [6.07, 6.45) is -2.72. The lowest BCUT2D eigenvalue weighted by molar-refractivity contribution is -0.137. The number of nitrogens with one attached hydrogen (secondary N) is 1. The second-order valence-corrected chi connectivity index (χ2v) is 4.13. The monoisotopic (exact) mass is 285 g/mol. The van der Waals surface area contributed by atoms with Crippen molar-refractivity contribution in [3.63, 3.8) is 0 Å². The van der Waals surface area contributed by atoms with Gasteiger partial charge in [0.1, 0.15) is 18.1 Å². The molecule has 20 heavy (non-hydrogen) atoms. The molecule has 6 heteroatoms. The lowest BCUT2D eigenvalue weighted by Gasteiger charge is -2.09. The van der Waals surface area contributed by atoms with Crippen molar-refractivity contribution in [2.75, 3.05) is 13.2 Å². The fourth-order valence-electron chi connectivity index (χ4n) is 1.61. The third kappa shape index (κ3) is 4.31. The van der Waals surface area contributed by atoms with Crippen LogP contribution in [0.3, 0.4) is 0 Å². The molecule has 0 amide bonds. The van der Waals surface area contributed by atoms with Gasteiger partial charge in [-0.15, -0.1) is 0 Å². The standard InChI is InChI=1S/C14H14F3NO2/c15-14(16,17)11-3-5-12(6-4-11)20-9-7-18-10-13-2-1-8-19-13/h1-6,8,18H,7,9-10H2. The molecular weight excluding hydrogens is 271 g/mol. The first kappa shape index (κ1) is 14.5. The molecule has 0 fully saturated rings. The molecule has 1 aromatic heterocycles. The number of benzene rings is 1. The zero-order valence-electron chi connectivity index (χ0n) is 10.6.